The van der Waals surface area contributed by atoms with Gasteiger partial charge in [0.05, 0.1) is 16.3 Å². The van der Waals surface area contributed by atoms with Crippen LogP contribution in [0.3, 0.4) is 0 Å². The largest absolute Gasteiger partial charge is 0.325 e. The van der Waals surface area contributed by atoms with Gasteiger partial charge in [-0.2, -0.15) is 0 Å². The van der Waals surface area contributed by atoms with E-state index in [4.69, 9.17) is 0 Å². The van der Waals surface area contributed by atoms with Gasteiger partial charge in [0.1, 0.15) is 21.5 Å². The van der Waals surface area contributed by atoms with Gasteiger partial charge in [-0.25, -0.2) is 9.37 Å². The molecule has 0 spiro atoms. The molecule has 4 aromatic rings. The molecule has 2 aromatic heterocycles. The van der Waals surface area contributed by atoms with Crippen LogP contribution in [0.2, 0.25) is 0 Å². The van der Waals surface area contributed by atoms with E-state index in [9.17, 15) is 9.18 Å². The predicted molar refractivity (Wildman–Crippen MR) is 133 cm³/mol. The van der Waals surface area contributed by atoms with E-state index < -0.39 is 0 Å². The third kappa shape index (κ3) is 5.83. The van der Waals surface area contributed by atoms with Crippen molar-refractivity contribution in [2.24, 2.45) is 0 Å². The summed E-state index contributed by atoms with van der Waals surface area (Å²) in [5.74, 6) is 0.332. The van der Waals surface area contributed by atoms with E-state index >= 15 is 0 Å². The number of carbonyl (C=O) groups excluding carboxylic acids is 1. The van der Waals surface area contributed by atoms with E-state index in [1.807, 2.05) is 43.3 Å². The number of hydrogen-bond acceptors (Lipinski definition) is 6. The molecule has 2 heterocycles. The predicted octanol–water partition coefficient (Wildman–Crippen LogP) is 6.57. The number of thiazole rings is 1. The van der Waals surface area contributed by atoms with Crippen LogP contribution in [0.4, 0.5) is 10.1 Å². The van der Waals surface area contributed by atoms with Crippen LogP contribution in [0.1, 0.15) is 31.0 Å². The van der Waals surface area contributed by atoms with Crippen LogP contribution >= 0.6 is 23.1 Å². The highest BCUT2D eigenvalue weighted by atomic mass is 32.2. The Hall–Kier alpha value is -3.10. The van der Waals surface area contributed by atoms with Crippen molar-refractivity contribution in [3.05, 3.63) is 77.7 Å². The molecule has 0 saturated carbocycles. The number of carbonyl (C=O) groups is 1. The fourth-order valence-electron chi connectivity index (χ4n) is 3.16. The molecule has 168 valence electrons. The quantitative estimate of drug-likeness (QED) is 0.304. The molecule has 0 aliphatic carbocycles. The number of nitrogens with zero attached hydrogens (tertiary/aromatic N) is 3. The maximum absolute atomic E-state index is 13.2. The summed E-state index contributed by atoms with van der Waals surface area (Å²) < 4.78 is 13.2. The monoisotopic (exact) mass is 478 g/mol. The first-order valence-electron chi connectivity index (χ1n) is 10.5. The molecule has 0 radical (unpaired) electrons. The summed E-state index contributed by atoms with van der Waals surface area (Å²) in [5, 5.41) is 13.0. The van der Waals surface area contributed by atoms with Gasteiger partial charge < -0.3 is 5.32 Å². The normalized spacial score (nSPS) is 11.1. The molecule has 0 saturated heterocycles. The zero-order chi connectivity index (χ0) is 23.4. The summed E-state index contributed by atoms with van der Waals surface area (Å²) in [4.78, 5) is 17.8. The molecule has 33 heavy (non-hydrogen) atoms. The number of amides is 1. The number of aromatic nitrogens is 3. The highest BCUT2D eigenvalue weighted by Gasteiger charge is 2.14. The SMILES string of the molecule is Cc1nc(-c2ccc(F)cc2)sc1-c1ccc(SCC(=O)Nc2ccc(C(C)C)cc2)nn1. The van der Waals surface area contributed by atoms with Crippen molar-refractivity contribution in [2.75, 3.05) is 11.1 Å². The lowest BCUT2D eigenvalue weighted by atomic mass is 10.0. The molecular formula is C25H23FN4OS2. The van der Waals surface area contributed by atoms with Crippen LogP contribution in [0.15, 0.2) is 65.7 Å². The van der Waals surface area contributed by atoms with E-state index in [0.717, 1.165) is 32.5 Å². The second kappa shape index (κ2) is 10.2. The van der Waals surface area contributed by atoms with E-state index in [1.54, 1.807) is 12.1 Å². The Labute approximate surface area is 200 Å². The Balaban J connectivity index is 1.36. The number of halogens is 1. The molecule has 0 atom stereocenters. The third-order valence-corrected chi connectivity index (χ3v) is 7.12. The van der Waals surface area contributed by atoms with Crippen LogP contribution in [0, 0.1) is 12.7 Å². The molecule has 2 aromatic carbocycles. The molecule has 1 N–H and O–H groups in total. The Bertz CT molecular complexity index is 1240. The number of nitrogens with one attached hydrogen (secondary N) is 1. The molecule has 0 aliphatic rings. The zero-order valence-corrected chi connectivity index (χ0v) is 20.1. The highest BCUT2D eigenvalue weighted by Crippen LogP contribution is 2.34. The summed E-state index contributed by atoms with van der Waals surface area (Å²) >= 11 is 2.83. The minimum Gasteiger partial charge on any atom is -0.325 e. The van der Waals surface area contributed by atoms with Crippen LogP contribution in [-0.2, 0) is 4.79 Å². The van der Waals surface area contributed by atoms with Crippen molar-refractivity contribution in [3.63, 3.8) is 0 Å². The summed E-state index contributed by atoms with van der Waals surface area (Å²) in [7, 11) is 0. The number of anilines is 1. The number of hydrogen-bond donors (Lipinski definition) is 1. The Morgan fingerprint density at radius 1 is 1.03 bits per heavy atom. The van der Waals surface area contributed by atoms with Gasteiger partial charge >= 0.3 is 0 Å². The van der Waals surface area contributed by atoms with E-state index in [0.29, 0.717) is 10.9 Å². The van der Waals surface area contributed by atoms with Gasteiger partial charge in [0, 0.05) is 11.3 Å². The minimum absolute atomic E-state index is 0.0922. The second-order valence-corrected chi connectivity index (χ2v) is 9.81. The third-order valence-electron chi connectivity index (χ3n) is 4.97. The summed E-state index contributed by atoms with van der Waals surface area (Å²) in [5.41, 5.74) is 4.44. The van der Waals surface area contributed by atoms with Crippen LogP contribution in [-0.4, -0.2) is 26.8 Å². The molecule has 8 heteroatoms. The summed E-state index contributed by atoms with van der Waals surface area (Å²) in [6.45, 7) is 6.19. The number of aryl methyl sites for hydroxylation is 1. The van der Waals surface area contributed by atoms with Gasteiger partial charge in [0.15, 0.2) is 0 Å². The molecule has 0 fully saturated rings. The van der Waals surface area contributed by atoms with E-state index in [1.165, 1.54) is 40.8 Å². The molecule has 0 bridgehead atoms. The Morgan fingerprint density at radius 2 is 1.76 bits per heavy atom. The van der Waals surface area contributed by atoms with Crippen molar-refractivity contribution in [2.45, 2.75) is 31.7 Å². The number of benzene rings is 2. The first-order valence-corrected chi connectivity index (χ1v) is 12.3. The number of rotatable bonds is 7. The molecule has 0 unspecified atom stereocenters. The lowest BCUT2D eigenvalue weighted by Crippen LogP contribution is -2.14. The average molecular weight is 479 g/mol. The molecule has 4 rings (SSSR count). The molecule has 5 nitrogen and oxygen atoms in total. The standard InChI is InChI=1S/C25H23FN4OS2/c1-15(2)17-6-10-20(11-7-17)28-22(31)14-32-23-13-12-21(29-30-23)24-16(3)27-25(33-24)18-4-8-19(26)9-5-18/h4-13,15H,14H2,1-3H3,(H,28,31). The maximum Gasteiger partial charge on any atom is 0.234 e. The molecule has 1 amide bonds. The lowest BCUT2D eigenvalue weighted by molar-refractivity contribution is -0.113. The van der Waals surface area contributed by atoms with Gasteiger partial charge in [-0.3, -0.25) is 4.79 Å². The van der Waals surface area contributed by atoms with Gasteiger partial charge in [-0.05, 0) is 66.9 Å². The van der Waals surface area contributed by atoms with Gasteiger partial charge in [0.2, 0.25) is 5.91 Å². The van der Waals surface area contributed by atoms with E-state index in [-0.39, 0.29) is 17.5 Å². The fourth-order valence-corrected chi connectivity index (χ4v) is 4.81. The summed E-state index contributed by atoms with van der Waals surface area (Å²) in [6, 6.07) is 17.9. The Morgan fingerprint density at radius 3 is 2.39 bits per heavy atom. The first kappa shape index (κ1) is 23.1. The number of thioether (sulfide) groups is 1. The average Bonchev–Trinajstić information content (AvgIpc) is 3.20. The fraction of sp³-hybridized carbons (Fsp3) is 0.200. The van der Waals surface area contributed by atoms with Crippen LogP contribution in [0.25, 0.3) is 21.1 Å². The van der Waals surface area contributed by atoms with Crippen molar-refractivity contribution >= 4 is 34.7 Å². The van der Waals surface area contributed by atoms with Crippen molar-refractivity contribution in [1.82, 2.24) is 15.2 Å². The maximum atomic E-state index is 13.2. The second-order valence-electron chi connectivity index (χ2n) is 7.81. The summed E-state index contributed by atoms with van der Waals surface area (Å²) in [6.07, 6.45) is 0. The highest BCUT2D eigenvalue weighted by molar-refractivity contribution is 7.99. The topological polar surface area (TPSA) is 67.8 Å². The Kier molecular flexibility index (Phi) is 7.15. The lowest BCUT2D eigenvalue weighted by Gasteiger charge is -2.08. The first-order chi connectivity index (χ1) is 15.9. The van der Waals surface area contributed by atoms with Crippen molar-refractivity contribution < 1.29 is 9.18 Å². The molecule has 0 aliphatic heterocycles. The molecular weight excluding hydrogens is 455 g/mol. The van der Waals surface area contributed by atoms with Crippen molar-refractivity contribution in [1.29, 1.82) is 0 Å². The van der Waals surface area contributed by atoms with Crippen molar-refractivity contribution in [3.8, 4) is 21.1 Å². The van der Waals surface area contributed by atoms with E-state index in [2.05, 4.69) is 34.3 Å². The smallest absolute Gasteiger partial charge is 0.234 e. The van der Waals surface area contributed by atoms with Crippen LogP contribution < -0.4 is 5.32 Å². The zero-order valence-electron chi connectivity index (χ0n) is 18.5. The van der Waals surface area contributed by atoms with Gasteiger partial charge in [-0.1, -0.05) is 37.7 Å². The van der Waals surface area contributed by atoms with Gasteiger partial charge in [-0.15, -0.1) is 21.5 Å². The van der Waals surface area contributed by atoms with Gasteiger partial charge in [0.25, 0.3) is 0 Å². The minimum atomic E-state index is -0.274. The van der Waals surface area contributed by atoms with Crippen LogP contribution in [0.5, 0.6) is 0 Å².